The lowest BCUT2D eigenvalue weighted by atomic mass is 9.90. The van der Waals surface area contributed by atoms with E-state index in [4.69, 9.17) is 0 Å². The van der Waals surface area contributed by atoms with Crippen LogP contribution in [0.25, 0.3) is 16.5 Å². The number of nitrogens with zero attached hydrogens (tertiary/aromatic N) is 5. The number of pyridine rings is 1. The number of anilines is 1. The van der Waals surface area contributed by atoms with Crippen molar-refractivity contribution in [3.63, 3.8) is 0 Å². The molecule has 3 aliphatic rings. The predicted molar refractivity (Wildman–Crippen MR) is 171 cm³/mol. The summed E-state index contributed by atoms with van der Waals surface area (Å²) in [7, 11) is 0. The fourth-order valence-electron chi connectivity index (χ4n) is 6.67. The average molecular weight is 723 g/mol. The first-order valence-corrected chi connectivity index (χ1v) is 16.5. The molecule has 0 N–H and O–H groups in total. The Balaban J connectivity index is 1.64. The zero-order valence-corrected chi connectivity index (χ0v) is 27.2. The van der Waals surface area contributed by atoms with Gasteiger partial charge in [-0.15, -0.1) is 11.8 Å². The number of halogens is 6. The summed E-state index contributed by atoms with van der Waals surface area (Å²) in [6.07, 6.45) is -0.233. The zero-order valence-electron chi connectivity index (χ0n) is 24.8. The van der Waals surface area contributed by atoms with Crippen LogP contribution in [0.4, 0.5) is 27.8 Å². The van der Waals surface area contributed by atoms with E-state index in [2.05, 4.69) is 32.5 Å². The Morgan fingerprint density at radius 2 is 1.89 bits per heavy atom. The molecule has 7 nitrogen and oxygen atoms in total. The smallest absolute Gasteiger partial charge is 0.352 e. The highest BCUT2D eigenvalue weighted by atomic mass is 79.9. The highest BCUT2D eigenvalue weighted by Gasteiger charge is 2.41. The molecular weight excluding hydrogens is 693 g/mol. The third kappa shape index (κ3) is 5.67. The summed E-state index contributed by atoms with van der Waals surface area (Å²) in [5.74, 6) is -2.22. The van der Waals surface area contributed by atoms with Crippen LogP contribution in [0.15, 0.2) is 70.7 Å². The van der Waals surface area contributed by atoms with Crippen molar-refractivity contribution in [2.24, 2.45) is 0 Å². The third-order valence-electron chi connectivity index (χ3n) is 8.68. The van der Waals surface area contributed by atoms with Crippen LogP contribution in [-0.2, 0) is 17.5 Å². The first-order chi connectivity index (χ1) is 21.8. The molecule has 1 unspecified atom stereocenters. The summed E-state index contributed by atoms with van der Waals surface area (Å²) < 4.78 is 76.4. The monoisotopic (exact) mass is 721 g/mol. The van der Waals surface area contributed by atoms with Gasteiger partial charge in [0.1, 0.15) is 17.5 Å². The van der Waals surface area contributed by atoms with Crippen molar-refractivity contribution >= 4 is 55.9 Å². The molecule has 14 heteroatoms. The lowest BCUT2D eigenvalue weighted by Crippen LogP contribution is -2.58. The van der Waals surface area contributed by atoms with Gasteiger partial charge >= 0.3 is 11.9 Å². The van der Waals surface area contributed by atoms with E-state index in [9.17, 15) is 14.0 Å². The number of carbonyl (C=O) groups is 1. The molecule has 0 spiro atoms. The maximum atomic E-state index is 15.5. The van der Waals surface area contributed by atoms with Crippen molar-refractivity contribution in [1.29, 1.82) is 0 Å². The van der Waals surface area contributed by atoms with Gasteiger partial charge in [-0.3, -0.25) is 14.3 Å². The summed E-state index contributed by atoms with van der Waals surface area (Å²) >= 11 is 4.24. The van der Waals surface area contributed by atoms with E-state index < -0.39 is 39.5 Å². The van der Waals surface area contributed by atoms with Crippen LogP contribution in [-0.4, -0.2) is 61.1 Å². The number of amides is 1. The fourth-order valence-corrected chi connectivity index (χ4v) is 8.53. The van der Waals surface area contributed by atoms with Gasteiger partial charge in [0, 0.05) is 77.7 Å². The van der Waals surface area contributed by atoms with Crippen molar-refractivity contribution in [2.75, 3.05) is 23.7 Å². The van der Waals surface area contributed by atoms with E-state index in [0.29, 0.717) is 6.08 Å². The predicted octanol–water partition coefficient (Wildman–Crippen LogP) is 7.01. The molecule has 1 amide bonds. The van der Waals surface area contributed by atoms with E-state index in [0.717, 1.165) is 23.4 Å². The topological polar surface area (TPSA) is 71.3 Å². The van der Waals surface area contributed by atoms with Crippen LogP contribution in [0.5, 0.6) is 0 Å². The lowest BCUT2D eigenvalue weighted by molar-refractivity contribution is -0.137. The molecule has 3 aromatic rings. The third-order valence-corrected chi connectivity index (χ3v) is 10.7. The standard InChI is InChI=1S/C32H29BrF5N5O2S/c1-4-26(44)43-16(2)12-41(13-17(43)3)30-21-8-22(32(36,37)38)27(20-9-23(33)25(35)10-24(20)34)29-28(21)42(31(45)40-30)14-19(15-46-29)18-6-5-7-39-11-18/h4-8,10-11,16-17,19,23H,1,9,12-15H2,2-3H3/t16-,17+,19-,23?/m0/s1. The molecule has 242 valence electrons. The summed E-state index contributed by atoms with van der Waals surface area (Å²) in [5, 5.41) is 0.0850. The molecule has 4 atom stereocenters. The molecule has 2 aliphatic heterocycles. The average Bonchev–Trinajstić information content (AvgIpc) is 3.21. The zero-order chi connectivity index (χ0) is 33.1. The largest absolute Gasteiger partial charge is 0.417 e. The molecule has 1 aliphatic carbocycles. The second-order valence-corrected chi connectivity index (χ2v) is 13.9. The van der Waals surface area contributed by atoms with Crippen LogP contribution >= 0.6 is 27.7 Å². The first-order valence-electron chi connectivity index (χ1n) is 14.6. The van der Waals surface area contributed by atoms with Crippen molar-refractivity contribution in [3.05, 3.63) is 88.2 Å². The Labute approximate surface area is 274 Å². The van der Waals surface area contributed by atoms with Crippen molar-refractivity contribution in [2.45, 2.75) is 60.7 Å². The second kappa shape index (κ2) is 12.3. The number of rotatable bonds is 4. The van der Waals surface area contributed by atoms with Gasteiger partial charge in [0.2, 0.25) is 5.91 Å². The lowest BCUT2D eigenvalue weighted by Gasteiger charge is -2.44. The summed E-state index contributed by atoms with van der Waals surface area (Å²) in [4.78, 5) is 37.4. The van der Waals surface area contributed by atoms with Gasteiger partial charge in [-0.1, -0.05) is 28.6 Å². The van der Waals surface area contributed by atoms with E-state index >= 15 is 17.6 Å². The van der Waals surface area contributed by atoms with E-state index in [1.54, 1.807) is 28.3 Å². The van der Waals surface area contributed by atoms with Crippen LogP contribution in [0.3, 0.4) is 0 Å². The molecule has 46 heavy (non-hydrogen) atoms. The van der Waals surface area contributed by atoms with Gasteiger partial charge in [0.25, 0.3) is 0 Å². The summed E-state index contributed by atoms with van der Waals surface area (Å²) in [6.45, 7) is 7.69. The van der Waals surface area contributed by atoms with Crippen LogP contribution < -0.4 is 10.6 Å². The fraction of sp³-hybridized carbons (Fsp3) is 0.375. The van der Waals surface area contributed by atoms with E-state index in [-0.39, 0.29) is 82.9 Å². The number of piperazine rings is 1. The molecule has 2 aromatic heterocycles. The summed E-state index contributed by atoms with van der Waals surface area (Å²) in [6, 6.07) is 3.77. The van der Waals surface area contributed by atoms with Gasteiger partial charge in [-0.05, 0) is 49.6 Å². The molecule has 0 radical (unpaired) electrons. The minimum atomic E-state index is -4.93. The molecular formula is C32H29BrF5N5O2S. The molecule has 0 bridgehead atoms. The Morgan fingerprint density at radius 3 is 2.52 bits per heavy atom. The van der Waals surface area contributed by atoms with Gasteiger partial charge in [-0.2, -0.15) is 18.2 Å². The molecule has 6 rings (SSSR count). The molecule has 4 heterocycles. The molecule has 1 fully saturated rings. The van der Waals surface area contributed by atoms with Gasteiger partial charge < -0.3 is 9.80 Å². The quantitative estimate of drug-likeness (QED) is 0.164. The SMILES string of the molecule is C=CC(=O)N1[C@H](C)CN(c2nc(=O)n3c4c(c(C5=C(F)C=C(F)C(Br)C5)c(C(F)(F)F)cc24)SC[C@@H](c2cccnc2)C3)C[C@@H]1C. The van der Waals surface area contributed by atoms with Crippen molar-refractivity contribution in [3.8, 4) is 0 Å². The number of hydrogen-bond donors (Lipinski definition) is 0. The van der Waals surface area contributed by atoms with Crippen LogP contribution in [0.2, 0.25) is 0 Å². The first kappa shape index (κ1) is 32.4. The second-order valence-electron chi connectivity index (χ2n) is 11.7. The minimum absolute atomic E-state index is 0.0572. The van der Waals surface area contributed by atoms with Gasteiger partial charge in [-0.25, -0.2) is 13.6 Å². The molecule has 0 saturated carbocycles. The summed E-state index contributed by atoms with van der Waals surface area (Å²) in [5.41, 5.74) is -1.48. The number of alkyl halides is 4. The highest BCUT2D eigenvalue weighted by molar-refractivity contribution is 9.09. The van der Waals surface area contributed by atoms with Crippen LogP contribution in [0.1, 0.15) is 42.9 Å². The maximum Gasteiger partial charge on any atom is 0.417 e. The Kier molecular flexibility index (Phi) is 8.64. The molecule has 1 saturated heterocycles. The number of carbonyl (C=O) groups excluding carboxylic acids is 1. The van der Waals surface area contributed by atoms with Crippen LogP contribution in [0, 0.1) is 0 Å². The van der Waals surface area contributed by atoms with Crippen molar-refractivity contribution in [1.82, 2.24) is 19.4 Å². The Morgan fingerprint density at radius 1 is 1.17 bits per heavy atom. The minimum Gasteiger partial charge on any atom is -0.352 e. The number of hydrogen-bond acceptors (Lipinski definition) is 6. The maximum absolute atomic E-state index is 15.5. The van der Waals surface area contributed by atoms with E-state index in [1.165, 1.54) is 10.6 Å². The van der Waals surface area contributed by atoms with Crippen molar-refractivity contribution < 1.29 is 26.7 Å². The molecule has 1 aromatic carbocycles. The number of thioether (sulfide) groups is 1. The number of allylic oxidation sites excluding steroid dienone is 4. The Hall–Kier alpha value is -3.52. The number of benzene rings is 1. The normalized spacial score (nSPS) is 23.8. The number of aromatic nitrogens is 3. The Bertz CT molecular complexity index is 1850. The van der Waals surface area contributed by atoms with Gasteiger partial charge in [0.05, 0.1) is 15.9 Å². The van der Waals surface area contributed by atoms with Gasteiger partial charge in [0.15, 0.2) is 0 Å². The van der Waals surface area contributed by atoms with E-state index in [1.807, 2.05) is 19.9 Å². The highest BCUT2D eigenvalue weighted by Crippen LogP contribution is 2.50.